The first-order valence-electron chi connectivity index (χ1n) is 5.25. The molecule has 0 saturated carbocycles. The largest absolute Gasteiger partial charge is 0.449 e. The number of aryl methyl sites for hydroxylation is 1. The van der Waals surface area contributed by atoms with Crippen LogP contribution in [0.1, 0.15) is 33.3 Å². The lowest BCUT2D eigenvalue weighted by Gasteiger charge is -2.08. The molecule has 2 N–H and O–H groups in total. The Kier molecular flexibility index (Phi) is 1.95. The number of aromatic amines is 2. The van der Waals surface area contributed by atoms with Crippen molar-refractivity contribution in [1.82, 2.24) is 10.2 Å². The number of rotatable bonds is 1. The van der Waals surface area contributed by atoms with E-state index in [1.54, 1.807) is 25.1 Å². The summed E-state index contributed by atoms with van der Waals surface area (Å²) in [5, 5.41) is 5.22. The van der Waals surface area contributed by atoms with Gasteiger partial charge < -0.3 is 9.84 Å². The molecule has 2 heterocycles. The first-order chi connectivity index (χ1) is 8.18. The average Bonchev–Trinajstić information content (AvgIpc) is 2.82. The second-order valence-corrected chi connectivity index (χ2v) is 3.99. The molecule has 17 heavy (non-hydrogen) atoms. The van der Waals surface area contributed by atoms with Gasteiger partial charge in [0.05, 0.1) is 11.1 Å². The number of aromatic nitrogens is 2. The number of nitrogens with one attached hydrogen (secondary N) is 2. The zero-order valence-electron chi connectivity index (χ0n) is 9.11. The molecule has 86 valence electrons. The molecule has 0 radical (unpaired) electrons. The van der Waals surface area contributed by atoms with Crippen LogP contribution >= 0.6 is 0 Å². The maximum Gasteiger partial charge on any atom is 0.339 e. The highest BCUT2D eigenvalue weighted by Crippen LogP contribution is 2.34. The van der Waals surface area contributed by atoms with Crippen LogP contribution in [0.3, 0.4) is 0 Å². The van der Waals surface area contributed by atoms with E-state index in [1.165, 1.54) is 0 Å². The van der Waals surface area contributed by atoms with Crippen LogP contribution in [0.25, 0.3) is 0 Å². The molecule has 1 aromatic carbocycles. The van der Waals surface area contributed by atoms with Gasteiger partial charge in [-0.05, 0) is 13.0 Å². The van der Waals surface area contributed by atoms with Crippen molar-refractivity contribution in [3.05, 3.63) is 57.0 Å². The van der Waals surface area contributed by atoms with Crippen molar-refractivity contribution in [2.24, 2.45) is 0 Å². The zero-order chi connectivity index (χ0) is 12.0. The number of fused-ring (bicyclic) bond motifs is 1. The maximum absolute atomic E-state index is 11.7. The van der Waals surface area contributed by atoms with E-state index in [2.05, 4.69) is 10.2 Å². The van der Waals surface area contributed by atoms with Crippen molar-refractivity contribution in [1.29, 1.82) is 0 Å². The lowest BCUT2D eigenvalue weighted by molar-refractivity contribution is 0.0454. The normalized spacial score (nSPS) is 17.9. The molecule has 0 aliphatic carbocycles. The van der Waals surface area contributed by atoms with Crippen molar-refractivity contribution < 1.29 is 9.53 Å². The van der Waals surface area contributed by atoms with Gasteiger partial charge in [-0.3, -0.25) is 9.89 Å². The molecule has 2 aromatic rings. The molecule has 0 saturated heterocycles. The monoisotopic (exact) mass is 230 g/mol. The lowest BCUT2D eigenvalue weighted by Crippen LogP contribution is -2.13. The molecule has 3 rings (SSSR count). The van der Waals surface area contributed by atoms with E-state index in [0.717, 1.165) is 5.56 Å². The molecule has 1 aromatic heterocycles. The van der Waals surface area contributed by atoms with Gasteiger partial charge in [-0.2, -0.15) is 0 Å². The highest BCUT2D eigenvalue weighted by Gasteiger charge is 2.34. The summed E-state index contributed by atoms with van der Waals surface area (Å²) in [5.74, 6) is -0.384. The number of hydrogen-bond acceptors (Lipinski definition) is 3. The third-order valence-corrected chi connectivity index (χ3v) is 2.96. The molecule has 0 fully saturated rings. The van der Waals surface area contributed by atoms with Crippen molar-refractivity contribution in [2.45, 2.75) is 13.0 Å². The summed E-state index contributed by atoms with van der Waals surface area (Å²) in [6, 6.07) is 7.10. The maximum atomic E-state index is 11.7. The summed E-state index contributed by atoms with van der Waals surface area (Å²) in [7, 11) is 0. The van der Waals surface area contributed by atoms with Crippen molar-refractivity contribution in [3.63, 3.8) is 0 Å². The summed E-state index contributed by atoms with van der Waals surface area (Å²) in [4.78, 5) is 23.3. The summed E-state index contributed by atoms with van der Waals surface area (Å²) < 4.78 is 5.26. The van der Waals surface area contributed by atoms with E-state index in [4.69, 9.17) is 4.74 Å². The van der Waals surface area contributed by atoms with Crippen LogP contribution in [0, 0.1) is 6.92 Å². The predicted octanol–water partition coefficient (Wildman–Crippen LogP) is 1.27. The molecule has 5 heteroatoms. The Morgan fingerprint density at radius 3 is 2.65 bits per heavy atom. The van der Waals surface area contributed by atoms with Crippen LogP contribution in [-0.4, -0.2) is 16.2 Å². The molecular weight excluding hydrogens is 220 g/mol. The van der Waals surface area contributed by atoms with Gasteiger partial charge in [-0.1, -0.05) is 18.2 Å². The van der Waals surface area contributed by atoms with E-state index in [-0.39, 0.29) is 11.5 Å². The second kappa shape index (κ2) is 3.35. The van der Waals surface area contributed by atoms with Gasteiger partial charge in [-0.25, -0.2) is 4.79 Å². The fourth-order valence-corrected chi connectivity index (χ4v) is 2.13. The molecule has 0 unspecified atom stereocenters. The number of benzene rings is 1. The van der Waals surface area contributed by atoms with Crippen LogP contribution in [-0.2, 0) is 4.74 Å². The van der Waals surface area contributed by atoms with Crippen LogP contribution in [0.2, 0.25) is 0 Å². The van der Waals surface area contributed by atoms with Crippen LogP contribution in [0.4, 0.5) is 0 Å². The SMILES string of the molecule is Cc1[nH][nH]c(=O)c1[C@H]1OC(=O)c2ccccc21. The first kappa shape index (κ1) is 9.89. The number of hydrogen-bond donors (Lipinski definition) is 2. The van der Waals surface area contributed by atoms with Crippen LogP contribution < -0.4 is 5.56 Å². The summed E-state index contributed by atoms with van der Waals surface area (Å²) >= 11 is 0. The number of esters is 1. The van der Waals surface area contributed by atoms with Crippen molar-refractivity contribution in [2.75, 3.05) is 0 Å². The molecule has 0 spiro atoms. The molecule has 0 amide bonds. The molecule has 1 atom stereocenters. The highest BCUT2D eigenvalue weighted by atomic mass is 16.5. The summed E-state index contributed by atoms with van der Waals surface area (Å²) in [6.07, 6.45) is -0.603. The van der Waals surface area contributed by atoms with Gasteiger partial charge >= 0.3 is 5.97 Å². The van der Waals surface area contributed by atoms with Gasteiger partial charge in [0, 0.05) is 11.3 Å². The van der Waals surface area contributed by atoms with E-state index in [9.17, 15) is 9.59 Å². The standard InChI is InChI=1S/C12H10N2O3/c1-6-9(11(15)14-13-6)10-7-4-2-3-5-8(7)12(16)17-10/h2-5,10H,1H3,(H2,13,14,15)/t10-/m0/s1. The smallest absolute Gasteiger partial charge is 0.339 e. The Bertz CT molecular complexity index is 654. The molecular formula is C12H10N2O3. The topological polar surface area (TPSA) is 74.9 Å². The first-order valence-corrected chi connectivity index (χ1v) is 5.25. The van der Waals surface area contributed by atoms with Gasteiger partial charge in [0.15, 0.2) is 6.10 Å². The quantitative estimate of drug-likeness (QED) is 0.724. The Hall–Kier alpha value is -2.30. The van der Waals surface area contributed by atoms with E-state index in [1.807, 2.05) is 6.07 Å². The number of H-pyrrole nitrogens is 2. The van der Waals surface area contributed by atoms with Gasteiger partial charge in [0.2, 0.25) is 0 Å². The molecule has 0 bridgehead atoms. The Morgan fingerprint density at radius 1 is 1.18 bits per heavy atom. The fraction of sp³-hybridized carbons (Fsp3) is 0.167. The number of cyclic esters (lactones) is 1. The average molecular weight is 230 g/mol. The zero-order valence-corrected chi connectivity index (χ0v) is 9.11. The number of carbonyl (C=O) groups is 1. The lowest BCUT2D eigenvalue weighted by atomic mass is 10.00. The minimum absolute atomic E-state index is 0.253. The number of carbonyl (C=O) groups excluding carboxylic acids is 1. The third kappa shape index (κ3) is 1.32. The molecule has 1 aliphatic heterocycles. The van der Waals surface area contributed by atoms with Gasteiger partial charge in [-0.15, -0.1) is 0 Å². The van der Waals surface area contributed by atoms with E-state index in [0.29, 0.717) is 16.8 Å². The Balaban J connectivity index is 2.20. The van der Waals surface area contributed by atoms with E-state index >= 15 is 0 Å². The molecule has 5 nitrogen and oxygen atoms in total. The third-order valence-electron chi connectivity index (χ3n) is 2.96. The fourth-order valence-electron chi connectivity index (χ4n) is 2.13. The van der Waals surface area contributed by atoms with Crippen LogP contribution in [0.5, 0.6) is 0 Å². The highest BCUT2D eigenvalue weighted by molar-refractivity contribution is 5.94. The summed E-state index contributed by atoms with van der Waals surface area (Å²) in [6.45, 7) is 1.77. The molecule has 1 aliphatic rings. The minimum Gasteiger partial charge on any atom is -0.449 e. The predicted molar refractivity (Wildman–Crippen MR) is 59.9 cm³/mol. The number of ether oxygens (including phenoxy) is 1. The van der Waals surface area contributed by atoms with Gasteiger partial charge in [0.1, 0.15) is 0 Å². The summed E-state index contributed by atoms with van der Waals surface area (Å²) in [5.41, 5.74) is 2.16. The Morgan fingerprint density at radius 2 is 1.94 bits per heavy atom. The second-order valence-electron chi connectivity index (χ2n) is 3.99. The van der Waals surface area contributed by atoms with Crippen LogP contribution in [0.15, 0.2) is 29.1 Å². The van der Waals surface area contributed by atoms with E-state index < -0.39 is 6.10 Å². The minimum atomic E-state index is -0.603. The van der Waals surface area contributed by atoms with Crippen molar-refractivity contribution >= 4 is 5.97 Å². The van der Waals surface area contributed by atoms with Gasteiger partial charge in [0.25, 0.3) is 5.56 Å². The van der Waals surface area contributed by atoms with Crippen molar-refractivity contribution in [3.8, 4) is 0 Å². The Labute approximate surface area is 96.4 Å².